The Kier molecular flexibility index (Phi) is 5.71. The first kappa shape index (κ1) is 18.8. The lowest BCUT2D eigenvalue weighted by molar-refractivity contribution is -0.117. The number of carbonyl (C=O) groups excluding carboxylic acids is 2. The van der Waals surface area contributed by atoms with Gasteiger partial charge in [0.1, 0.15) is 5.75 Å². The highest BCUT2D eigenvalue weighted by Crippen LogP contribution is 2.20. The van der Waals surface area contributed by atoms with Crippen molar-refractivity contribution in [1.29, 1.82) is 0 Å². The molecule has 0 unspecified atom stereocenters. The van der Waals surface area contributed by atoms with Crippen LogP contribution in [0.2, 0.25) is 0 Å². The zero-order chi connectivity index (χ0) is 19.4. The van der Waals surface area contributed by atoms with Crippen molar-refractivity contribution >= 4 is 33.4 Å². The van der Waals surface area contributed by atoms with Crippen molar-refractivity contribution in [1.82, 2.24) is 4.57 Å². The van der Waals surface area contributed by atoms with Crippen molar-refractivity contribution in [2.24, 2.45) is 4.99 Å². The monoisotopic (exact) mass is 384 g/mol. The van der Waals surface area contributed by atoms with E-state index < -0.39 is 0 Å². The first-order valence-electron chi connectivity index (χ1n) is 8.48. The molecule has 0 atom stereocenters. The summed E-state index contributed by atoms with van der Waals surface area (Å²) in [6.07, 6.45) is 0.197. The van der Waals surface area contributed by atoms with E-state index in [2.05, 4.69) is 4.99 Å². The molecule has 0 saturated carbocycles. The van der Waals surface area contributed by atoms with Gasteiger partial charge in [0, 0.05) is 6.54 Å². The molecule has 27 heavy (non-hydrogen) atoms. The van der Waals surface area contributed by atoms with Gasteiger partial charge in [-0.3, -0.25) is 4.79 Å². The van der Waals surface area contributed by atoms with E-state index in [1.807, 2.05) is 41.8 Å². The van der Waals surface area contributed by atoms with Crippen molar-refractivity contribution < 1.29 is 19.1 Å². The molecule has 1 aromatic heterocycles. The third kappa shape index (κ3) is 4.09. The normalized spacial score (nSPS) is 11.6. The number of hydrogen-bond donors (Lipinski definition) is 0. The molecule has 0 aliphatic heterocycles. The third-order valence-electron chi connectivity index (χ3n) is 4.13. The summed E-state index contributed by atoms with van der Waals surface area (Å²) in [5.74, 6) is 0.0901. The highest BCUT2D eigenvalue weighted by Gasteiger charge is 2.11. The minimum Gasteiger partial charge on any atom is -0.497 e. The zero-order valence-electron chi connectivity index (χ0n) is 15.4. The fourth-order valence-electron chi connectivity index (χ4n) is 2.81. The lowest BCUT2D eigenvalue weighted by Gasteiger charge is -2.03. The van der Waals surface area contributed by atoms with Crippen LogP contribution in [0.4, 0.5) is 0 Å². The van der Waals surface area contributed by atoms with Crippen LogP contribution in [0.5, 0.6) is 5.75 Å². The fourth-order valence-corrected chi connectivity index (χ4v) is 3.96. The molecular formula is C20H20N2O4S. The summed E-state index contributed by atoms with van der Waals surface area (Å²) in [5.41, 5.74) is 2.26. The number of thiazole rings is 1. The summed E-state index contributed by atoms with van der Waals surface area (Å²) in [5, 5.41) is 0. The van der Waals surface area contributed by atoms with Crippen LogP contribution in [-0.4, -0.2) is 30.7 Å². The van der Waals surface area contributed by atoms with E-state index in [0.29, 0.717) is 22.7 Å². The van der Waals surface area contributed by atoms with Gasteiger partial charge in [0.05, 0.1) is 36.4 Å². The molecule has 0 N–H and O–H groups in total. The molecule has 3 aromatic rings. The Morgan fingerprint density at radius 3 is 2.67 bits per heavy atom. The van der Waals surface area contributed by atoms with E-state index >= 15 is 0 Å². The molecule has 0 spiro atoms. The third-order valence-corrected chi connectivity index (χ3v) is 5.17. The Morgan fingerprint density at radius 2 is 1.96 bits per heavy atom. The number of ether oxygens (including phenoxy) is 2. The summed E-state index contributed by atoms with van der Waals surface area (Å²) >= 11 is 1.38. The maximum absolute atomic E-state index is 12.5. The number of amides is 1. The number of carbonyl (C=O) groups is 2. The second-order valence-electron chi connectivity index (χ2n) is 5.84. The van der Waals surface area contributed by atoms with Crippen LogP contribution in [0, 0.1) is 0 Å². The van der Waals surface area contributed by atoms with Gasteiger partial charge in [-0.25, -0.2) is 4.79 Å². The summed E-state index contributed by atoms with van der Waals surface area (Å²) in [7, 11) is 2.94. The maximum Gasteiger partial charge on any atom is 0.337 e. The van der Waals surface area contributed by atoms with Crippen LogP contribution in [0.15, 0.2) is 47.5 Å². The molecule has 0 aliphatic rings. The molecule has 1 amide bonds. The Balaban J connectivity index is 1.96. The first-order chi connectivity index (χ1) is 13.0. The van der Waals surface area contributed by atoms with Gasteiger partial charge in [-0.2, -0.15) is 4.99 Å². The smallest absolute Gasteiger partial charge is 0.337 e. The number of benzene rings is 2. The summed E-state index contributed by atoms with van der Waals surface area (Å²) in [6.45, 7) is 2.66. The minimum atomic E-state index is -0.388. The zero-order valence-corrected chi connectivity index (χ0v) is 16.2. The molecule has 3 rings (SSSR count). The van der Waals surface area contributed by atoms with Crippen molar-refractivity contribution in [3.63, 3.8) is 0 Å². The predicted molar refractivity (Wildman–Crippen MR) is 104 cm³/mol. The van der Waals surface area contributed by atoms with E-state index in [1.54, 1.807) is 19.2 Å². The molecule has 140 valence electrons. The van der Waals surface area contributed by atoms with Gasteiger partial charge in [0.2, 0.25) is 0 Å². The number of fused-ring (bicyclic) bond motifs is 1. The Bertz CT molecular complexity index is 1070. The molecule has 6 nitrogen and oxygen atoms in total. The Morgan fingerprint density at radius 1 is 1.15 bits per heavy atom. The van der Waals surface area contributed by atoms with Gasteiger partial charge >= 0.3 is 5.97 Å². The summed E-state index contributed by atoms with van der Waals surface area (Å²) in [6, 6.07) is 12.7. The number of aromatic nitrogens is 1. The van der Waals surface area contributed by atoms with Crippen LogP contribution in [0.1, 0.15) is 22.8 Å². The number of nitrogens with zero attached hydrogens (tertiary/aromatic N) is 2. The minimum absolute atomic E-state index is 0.197. The number of rotatable bonds is 5. The van der Waals surface area contributed by atoms with Crippen molar-refractivity contribution in [3.8, 4) is 5.75 Å². The molecule has 0 bridgehead atoms. The van der Waals surface area contributed by atoms with Crippen LogP contribution >= 0.6 is 11.3 Å². The number of methoxy groups -OCH3 is 2. The lowest BCUT2D eigenvalue weighted by Crippen LogP contribution is -2.16. The van der Waals surface area contributed by atoms with Crippen molar-refractivity contribution in [2.75, 3.05) is 14.2 Å². The molecule has 0 fully saturated rings. The second kappa shape index (κ2) is 8.18. The fraction of sp³-hybridized carbons (Fsp3) is 0.250. The van der Waals surface area contributed by atoms with E-state index in [1.165, 1.54) is 18.4 Å². The predicted octanol–water partition coefficient (Wildman–Crippen LogP) is 3.19. The first-order valence-corrected chi connectivity index (χ1v) is 9.29. The van der Waals surface area contributed by atoms with E-state index in [4.69, 9.17) is 9.47 Å². The summed E-state index contributed by atoms with van der Waals surface area (Å²) in [4.78, 5) is 29.1. The molecular weight excluding hydrogens is 364 g/mol. The van der Waals surface area contributed by atoms with Gasteiger partial charge in [0.25, 0.3) is 5.91 Å². The Hall–Kier alpha value is -2.93. The maximum atomic E-state index is 12.5. The average molecular weight is 384 g/mol. The Labute approximate surface area is 160 Å². The molecule has 7 heteroatoms. The topological polar surface area (TPSA) is 69.9 Å². The van der Waals surface area contributed by atoms with Gasteiger partial charge in [-0.05, 0) is 42.8 Å². The van der Waals surface area contributed by atoms with E-state index in [-0.39, 0.29) is 18.3 Å². The van der Waals surface area contributed by atoms with Gasteiger partial charge < -0.3 is 14.0 Å². The molecule has 1 heterocycles. The number of aryl methyl sites for hydroxylation is 1. The number of hydrogen-bond acceptors (Lipinski definition) is 5. The van der Waals surface area contributed by atoms with Gasteiger partial charge in [-0.1, -0.05) is 23.5 Å². The van der Waals surface area contributed by atoms with E-state index in [9.17, 15) is 9.59 Å². The standard InChI is InChI=1S/C20H20N2O4S/c1-4-22-16-9-8-14(19(24)26-3)12-17(16)27-20(22)21-18(23)11-13-6-5-7-15(10-13)25-2/h5-10,12H,4,11H2,1-3H3. The van der Waals surface area contributed by atoms with Gasteiger partial charge in [-0.15, -0.1) is 0 Å². The molecule has 2 aromatic carbocycles. The average Bonchev–Trinajstić information content (AvgIpc) is 3.03. The SMILES string of the molecule is CCn1c(=NC(=O)Cc2cccc(OC)c2)sc2cc(C(=O)OC)ccc21. The number of esters is 1. The van der Waals surface area contributed by atoms with Crippen molar-refractivity contribution in [2.45, 2.75) is 19.9 Å². The lowest BCUT2D eigenvalue weighted by atomic mass is 10.1. The van der Waals surface area contributed by atoms with Gasteiger partial charge in [0.15, 0.2) is 4.80 Å². The van der Waals surface area contributed by atoms with Crippen LogP contribution < -0.4 is 9.54 Å². The molecule has 0 aliphatic carbocycles. The summed E-state index contributed by atoms with van der Waals surface area (Å²) < 4.78 is 12.8. The molecule has 0 saturated heterocycles. The van der Waals surface area contributed by atoms with Crippen LogP contribution in [0.3, 0.4) is 0 Å². The largest absolute Gasteiger partial charge is 0.497 e. The second-order valence-corrected chi connectivity index (χ2v) is 6.85. The van der Waals surface area contributed by atoms with E-state index in [0.717, 1.165) is 15.8 Å². The molecule has 0 radical (unpaired) electrons. The quantitative estimate of drug-likeness (QED) is 0.634. The highest BCUT2D eigenvalue weighted by atomic mass is 32.1. The van der Waals surface area contributed by atoms with Crippen LogP contribution in [-0.2, 0) is 22.5 Å². The highest BCUT2D eigenvalue weighted by molar-refractivity contribution is 7.16. The van der Waals surface area contributed by atoms with Crippen LogP contribution in [0.25, 0.3) is 10.2 Å². The van der Waals surface area contributed by atoms with Crippen molar-refractivity contribution in [3.05, 3.63) is 58.4 Å².